The fraction of sp³-hybridized carbons (Fsp3) is 0. The van der Waals surface area contributed by atoms with Gasteiger partial charge in [-0.1, -0.05) is 54.6 Å². The molecule has 2 heterocycles. The first kappa shape index (κ1) is 11.6. The Kier molecular flexibility index (Phi) is 2.22. The Morgan fingerprint density at radius 3 is 2.27 bits per heavy atom. The summed E-state index contributed by atoms with van der Waals surface area (Å²) in [4.78, 5) is 3.55. The molecule has 0 aliphatic carbocycles. The van der Waals surface area contributed by atoms with Crippen molar-refractivity contribution in [2.45, 2.75) is 0 Å². The van der Waals surface area contributed by atoms with Crippen LogP contribution in [-0.2, 0) is 0 Å². The van der Waals surface area contributed by atoms with Crippen LogP contribution in [0.25, 0.3) is 44.0 Å². The van der Waals surface area contributed by atoms with E-state index in [2.05, 4.69) is 69.8 Å². The van der Waals surface area contributed by atoms with E-state index >= 15 is 0 Å². The molecule has 0 saturated carbocycles. The largest absolute Gasteiger partial charge is 0.354 e. The van der Waals surface area contributed by atoms with Crippen LogP contribution in [0.4, 0.5) is 0 Å². The van der Waals surface area contributed by atoms with Gasteiger partial charge in [-0.3, -0.25) is 5.10 Å². The smallest absolute Gasteiger partial charge is 0.102 e. The molecule has 0 aliphatic rings. The number of nitrogens with one attached hydrogen (secondary N) is 2. The number of benzene rings is 3. The Morgan fingerprint density at radius 2 is 1.36 bits per heavy atom. The van der Waals surface area contributed by atoms with Gasteiger partial charge in [-0.15, -0.1) is 0 Å². The maximum absolute atomic E-state index is 4.54. The van der Waals surface area contributed by atoms with Gasteiger partial charge in [0, 0.05) is 27.2 Å². The number of hydrogen-bond donors (Lipinski definition) is 2. The van der Waals surface area contributed by atoms with Crippen LogP contribution >= 0.6 is 0 Å². The van der Waals surface area contributed by atoms with E-state index in [0.717, 1.165) is 33.2 Å². The summed E-state index contributed by atoms with van der Waals surface area (Å²) in [5.41, 5.74) is 5.48. The molecule has 104 valence electrons. The van der Waals surface area contributed by atoms with Gasteiger partial charge < -0.3 is 4.98 Å². The van der Waals surface area contributed by atoms with E-state index in [-0.39, 0.29) is 0 Å². The third-order valence-electron chi connectivity index (χ3n) is 4.27. The van der Waals surface area contributed by atoms with Crippen LogP contribution in [0.2, 0.25) is 0 Å². The van der Waals surface area contributed by atoms with E-state index in [4.69, 9.17) is 0 Å². The first-order valence-corrected chi connectivity index (χ1v) is 7.35. The van der Waals surface area contributed by atoms with E-state index in [1.165, 1.54) is 10.8 Å². The van der Waals surface area contributed by atoms with Crippen molar-refractivity contribution in [1.82, 2.24) is 15.2 Å². The van der Waals surface area contributed by atoms with Crippen LogP contribution < -0.4 is 0 Å². The van der Waals surface area contributed by atoms with Crippen molar-refractivity contribution in [3.05, 3.63) is 66.7 Å². The molecule has 0 fully saturated rings. The van der Waals surface area contributed by atoms with Gasteiger partial charge in [-0.05, 0) is 12.1 Å². The van der Waals surface area contributed by atoms with Crippen molar-refractivity contribution >= 4 is 32.7 Å². The second-order valence-corrected chi connectivity index (χ2v) is 5.52. The van der Waals surface area contributed by atoms with Gasteiger partial charge in [0.05, 0.1) is 11.0 Å². The average Bonchev–Trinajstić information content (AvgIpc) is 3.16. The van der Waals surface area contributed by atoms with Gasteiger partial charge in [0.25, 0.3) is 0 Å². The Morgan fingerprint density at radius 1 is 0.636 bits per heavy atom. The second-order valence-electron chi connectivity index (χ2n) is 5.52. The number of nitrogens with zero attached hydrogens (tertiary/aromatic N) is 1. The first-order chi connectivity index (χ1) is 10.9. The fourth-order valence-electron chi connectivity index (χ4n) is 3.24. The van der Waals surface area contributed by atoms with Gasteiger partial charge in [-0.25, -0.2) is 0 Å². The number of H-pyrrole nitrogens is 2. The zero-order chi connectivity index (χ0) is 14.5. The predicted octanol–water partition coefficient (Wildman–Crippen LogP) is 4.86. The van der Waals surface area contributed by atoms with Crippen LogP contribution in [0.5, 0.6) is 0 Å². The molecule has 5 aromatic rings. The van der Waals surface area contributed by atoms with Crippen LogP contribution in [0.3, 0.4) is 0 Å². The molecule has 0 spiro atoms. The van der Waals surface area contributed by atoms with Gasteiger partial charge in [0.1, 0.15) is 5.69 Å². The lowest BCUT2D eigenvalue weighted by atomic mass is 10.0. The normalized spacial score (nSPS) is 11.6. The summed E-state index contributed by atoms with van der Waals surface area (Å²) in [5.74, 6) is 0. The number of aromatic nitrogens is 3. The molecule has 0 bridgehead atoms. The maximum Gasteiger partial charge on any atom is 0.102 e. The standard InChI is InChI=1S/C19H13N3/c1-3-10-16-12(6-1)13-8-5-9-15(18(13)20-16)19-14-7-2-4-11-17(14)21-22-19/h1-11,20H,(H,21,22). The molecule has 0 atom stereocenters. The van der Waals surface area contributed by atoms with Crippen molar-refractivity contribution in [2.75, 3.05) is 0 Å². The summed E-state index contributed by atoms with van der Waals surface area (Å²) in [7, 11) is 0. The number of aromatic amines is 2. The van der Waals surface area contributed by atoms with Crippen molar-refractivity contribution in [1.29, 1.82) is 0 Å². The minimum atomic E-state index is 0.993. The molecule has 22 heavy (non-hydrogen) atoms. The van der Waals surface area contributed by atoms with Crippen LogP contribution in [0.1, 0.15) is 0 Å². The molecular weight excluding hydrogens is 270 g/mol. The topological polar surface area (TPSA) is 44.5 Å². The first-order valence-electron chi connectivity index (χ1n) is 7.35. The third kappa shape index (κ3) is 1.48. The highest BCUT2D eigenvalue weighted by molar-refractivity contribution is 6.13. The van der Waals surface area contributed by atoms with Crippen molar-refractivity contribution in [2.24, 2.45) is 0 Å². The van der Waals surface area contributed by atoms with E-state index in [9.17, 15) is 0 Å². The molecule has 0 unspecified atom stereocenters. The summed E-state index contributed by atoms with van der Waals surface area (Å²) in [6, 6.07) is 23.0. The lowest BCUT2D eigenvalue weighted by molar-refractivity contribution is 1.12. The van der Waals surface area contributed by atoms with Crippen molar-refractivity contribution in [3.8, 4) is 11.3 Å². The highest BCUT2D eigenvalue weighted by Crippen LogP contribution is 2.34. The molecule has 5 rings (SSSR count). The highest BCUT2D eigenvalue weighted by atomic mass is 15.1. The second kappa shape index (κ2) is 4.21. The summed E-state index contributed by atoms with van der Waals surface area (Å²) < 4.78 is 0. The van der Waals surface area contributed by atoms with E-state index in [0.29, 0.717) is 0 Å². The Hall–Kier alpha value is -3.07. The maximum atomic E-state index is 4.54. The Labute approximate surface area is 126 Å². The molecule has 0 amide bonds. The minimum absolute atomic E-state index is 0.993. The summed E-state index contributed by atoms with van der Waals surface area (Å²) in [5, 5.41) is 11.3. The van der Waals surface area contributed by atoms with Crippen LogP contribution in [-0.4, -0.2) is 15.2 Å². The zero-order valence-corrected chi connectivity index (χ0v) is 11.8. The number of rotatable bonds is 1. The lowest BCUT2D eigenvalue weighted by Gasteiger charge is -2.00. The molecular formula is C19H13N3. The van der Waals surface area contributed by atoms with E-state index < -0.39 is 0 Å². The molecule has 0 saturated heterocycles. The van der Waals surface area contributed by atoms with Crippen LogP contribution in [0.15, 0.2) is 66.7 Å². The summed E-state index contributed by atoms with van der Waals surface area (Å²) >= 11 is 0. The monoisotopic (exact) mass is 283 g/mol. The van der Waals surface area contributed by atoms with Gasteiger partial charge in [0.15, 0.2) is 0 Å². The van der Waals surface area contributed by atoms with Gasteiger partial charge >= 0.3 is 0 Å². The molecule has 2 aromatic heterocycles. The highest BCUT2D eigenvalue weighted by Gasteiger charge is 2.13. The molecule has 3 heteroatoms. The predicted molar refractivity (Wildman–Crippen MR) is 90.9 cm³/mol. The fourth-order valence-corrected chi connectivity index (χ4v) is 3.24. The SMILES string of the molecule is c1ccc2c(-c3cccc4c3[nH]c3ccccc34)n[nH]c2c1. The number of para-hydroxylation sites is 3. The molecule has 0 aliphatic heterocycles. The molecule has 0 radical (unpaired) electrons. The Balaban J connectivity index is 1.92. The Bertz CT molecular complexity index is 1130. The lowest BCUT2D eigenvalue weighted by Crippen LogP contribution is -1.81. The number of fused-ring (bicyclic) bond motifs is 4. The van der Waals surface area contributed by atoms with E-state index in [1.807, 2.05) is 12.1 Å². The average molecular weight is 283 g/mol. The molecule has 2 N–H and O–H groups in total. The quantitative estimate of drug-likeness (QED) is 0.453. The van der Waals surface area contributed by atoms with Crippen molar-refractivity contribution in [3.63, 3.8) is 0 Å². The summed E-state index contributed by atoms with van der Waals surface area (Å²) in [6.45, 7) is 0. The third-order valence-corrected chi connectivity index (χ3v) is 4.27. The molecule has 3 aromatic carbocycles. The van der Waals surface area contributed by atoms with Crippen LogP contribution in [0, 0.1) is 0 Å². The number of hydrogen-bond acceptors (Lipinski definition) is 1. The molecule has 3 nitrogen and oxygen atoms in total. The zero-order valence-electron chi connectivity index (χ0n) is 11.8. The summed E-state index contributed by atoms with van der Waals surface area (Å²) in [6.07, 6.45) is 0. The van der Waals surface area contributed by atoms with Gasteiger partial charge in [0.2, 0.25) is 0 Å². The van der Waals surface area contributed by atoms with Gasteiger partial charge in [-0.2, -0.15) is 5.10 Å². The van der Waals surface area contributed by atoms with E-state index in [1.54, 1.807) is 0 Å². The minimum Gasteiger partial charge on any atom is -0.354 e. The van der Waals surface area contributed by atoms with Crippen molar-refractivity contribution < 1.29 is 0 Å².